The van der Waals surface area contributed by atoms with Gasteiger partial charge in [0.15, 0.2) is 0 Å². The van der Waals surface area contributed by atoms with E-state index in [9.17, 15) is 4.79 Å². The predicted octanol–water partition coefficient (Wildman–Crippen LogP) is 4.84. The molecule has 27 heavy (non-hydrogen) atoms. The fourth-order valence-corrected chi connectivity index (χ4v) is 2.62. The number of benzene rings is 2. The molecule has 1 amide bonds. The number of nitrogens with one attached hydrogen (secondary N) is 1. The number of rotatable bonds is 8. The van der Waals surface area contributed by atoms with Crippen LogP contribution in [0.3, 0.4) is 0 Å². The van der Waals surface area contributed by atoms with Crippen LogP contribution in [0, 0.1) is 0 Å². The fraction of sp³-hybridized carbons (Fsp3) is 0.182. The summed E-state index contributed by atoms with van der Waals surface area (Å²) < 4.78 is 11.0. The van der Waals surface area contributed by atoms with Crippen LogP contribution in [0.2, 0.25) is 0 Å². The molecule has 0 aliphatic carbocycles. The van der Waals surface area contributed by atoms with E-state index in [0.29, 0.717) is 6.42 Å². The lowest BCUT2D eigenvalue weighted by molar-refractivity contribution is -0.116. The Morgan fingerprint density at radius 2 is 1.63 bits per heavy atom. The number of amides is 1. The Kier molecular flexibility index (Phi) is 6.41. The van der Waals surface area contributed by atoms with Crippen LogP contribution in [0.15, 0.2) is 73.1 Å². The third-order valence-corrected chi connectivity index (χ3v) is 4.03. The van der Waals surface area contributed by atoms with Gasteiger partial charge in [0, 0.05) is 12.6 Å². The summed E-state index contributed by atoms with van der Waals surface area (Å²) in [5.74, 6) is 2.33. The van der Waals surface area contributed by atoms with Gasteiger partial charge < -0.3 is 14.8 Å². The Balaban J connectivity index is 1.44. The van der Waals surface area contributed by atoms with Gasteiger partial charge in [-0.05, 0) is 66.9 Å². The van der Waals surface area contributed by atoms with Crippen molar-refractivity contribution in [3.8, 4) is 17.2 Å². The zero-order valence-corrected chi connectivity index (χ0v) is 15.2. The van der Waals surface area contributed by atoms with Gasteiger partial charge in [-0.1, -0.05) is 12.1 Å². The van der Waals surface area contributed by atoms with E-state index in [2.05, 4.69) is 10.3 Å². The van der Waals surface area contributed by atoms with Gasteiger partial charge in [0.2, 0.25) is 5.91 Å². The first kappa shape index (κ1) is 18.5. The average Bonchev–Trinajstić information content (AvgIpc) is 2.71. The predicted molar refractivity (Wildman–Crippen MR) is 105 cm³/mol. The number of pyridine rings is 1. The van der Waals surface area contributed by atoms with Crippen LogP contribution in [0.25, 0.3) is 0 Å². The minimum Gasteiger partial charge on any atom is -0.497 e. The Morgan fingerprint density at radius 3 is 2.26 bits per heavy atom. The third-order valence-electron chi connectivity index (χ3n) is 4.03. The second-order valence-electron chi connectivity index (χ2n) is 6.06. The van der Waals surface area contributed by atoms with Crippen molar-refractivity contribution in [2.45, 2.75) is 19.3 Å². The van der Waals surface area contributed by atoms with Crippen LogP contribution >= 0.6 is 0 Å². The quantitative estimate of drug-likeness (QED) is 0.623. The molecule has 0 bridgehead atoms. The summed E-state index contributed by atoms with van der Waals surface area (Å²) in [5, 5.41) is 2.84. The normalized spacial score (nSPS) is 10.3. The van der Waals surface area contributed by atoms with Crippen LogP contribution < -0.4 is 14.8 Å². The summed E-state index contributed by atoms with van der Waals surface area (Å²) in [7, 11) is 1.64. The molecule has 1 N–H and O–H groups in total. The Labute approximate surface area is 159 Å². The Hall–Kier alpha value is -3.34. The number of anilines is 1. The number of methoxy groups -OCH3 is 1. The molecule has 0 aliphatic heterocycles. The monoisotopic (exact) mass is 362 g/mol. The second kappa shape index (κ2) is 9.38. The van der Waals surface area contributed by atoms with Crippen molar-refractivity contribution >= 4 is 11.6 Å². The van der Waals surface area contributed by atoms with E-state index >= 15 is 0 Å². The topological polar surface area (TPSA) is 60.5 Å². The highest BCUT2D eigenvalue weighted by Gasteiger charge is 2.04. The van der Waals surface area contributed by atoms with Crippen molar-refractivity contribution in [1.29, 1.82) is 0 Å². The molecular weight excluding hydrogens is 340 g/mol. The summed E-state index contributed by atoms with van der Waals surface area (Å²) in [4.78, 5) is 15.9. The standard InChI is InChI=1S/C22H22N2O3/c1-26-19-11-13-21(14-12-19)27-20-9-7-17(8-10-20)4-2-6-22(25)24-18-5-3-15-23-16-18/h3,5,7-16H,2,4,6H2,1H3,(H,24,25). The van der Waals surface area contributed by atoms with Crippen molar-refractivity contribution in [2.24, 2.45) is 0 Å². The van der Waals surface area contributed by atoms with Crippen molar-refractivity contribution in [3.63, 3.8) is 0 Å². The van der Waals surface area contributed by atoms with Gasteiger partial charge in [0.1, 0.15) is 17.2 Å². The summed E-state index contributed by atoms with van der Waals surface area (Å²) in [6.07, 6.45) is 5.41. The van der Waals surface area contributed by atoms with Crippen LogP contribution in [0.4, 0.5) is 5.69 Å². The molecule has 0 aliphatic rings. The lowest BCUT2D eigenvalue weighted by Gasteiger charge is -2.08. The molecule has 0 saturated heterocycles. The van der Waals surface area contributed by atoms with E-state index in [1.807, 2.05) is 54.6 Å². The maximum atomic E-state index is 11.9. The van der Waals surface area contributed by atoms with E-state index < -0.39 is 0 Å². The van der Waals surface area contributed by atoms with Gasteiger partial charge in [0.25, 0.3) is 0 Å². The zero-order chi connectivity index (χ0) is 18.9. The first-order valence-corrected chi connectivity index (χ1v) is 8.84. The molecular formula is C22H22N2O3. The largest absolute Gasteiger partial charge is 0.497 e. The molecule has 0 fully saturated rings. The van der Waals surface area contributed by atoms with Gasteiger partial charge in [-0.3, -0.25) is 9.78 Å². The molecule has 0 atom stereocenters. The molecule has 5 nitrogen and oxygen atoms in total. The average molecular weight is 362 g/mol. The molecule has 0 saturated carbocycles. The molecule has 1 heterocycles. The van der Waals surface area contributed by atoms with Gasteiger partial charge in [0.05, 0.1) is 19.0 Å². The number of aryl methyl sites for hydroxylation is 1. The molecule has 0 spiro atoms. The van der Waals surface area contributed by atoms with Gasteiger partial charge in [-0.15, -0.1) is 0 Å². The number of ether oxygens (including phenoxy) is 2. The van der Waals surface area contributed by atoms with E-state index in [1.54, 1.807) is 25.6 Å². The number of carbonyl (C=O) groups excluding carboxylic acids is 1. The number of nitrogens with zero attached hydrogens (tertiary/aromatic N) is 1. The van der Waals surface area contributed by atoms with Crippen molar-refractivity contribution in [3.05, 3.63) is 78.6 Å². The van der Waals surface area contributed by atoms with E-state index in [1.165, 1.54) is 5.56 Å². The molecule has 2 aromatic carbocycles. The van der Waals surface area contributed by atoms with Crippen LogP contribution in [-0.2, 0) is 11.2 Å². The lowest BCUT2D eigenvalue weighted by atomic mass is 10.1. The molecule has 3 rings (SSSR count). The van der Waals surface area contributed by atoms with E-state index in [-0.39, 0.29) is 5.91 Å². The summed E-state index contributed by atoms with van der Waals surface area (Å²) >= 11 is 0. The summed E-state index contributed by atoms with van der Waals surface area (Å²) in [5.41, 5.74) is 1.90. The van der Waals surface area contributed by atoms with Crippen molar-refractivity contribution in [2.75, 3.05) is 12.4 Å². The van der Waals surface area contributed by atoms with Crippen LogP contribution in [-0.4, -0.2) is 18.0 Å². The molecule has 138 valence electrons. The van der Waals surface area contributed by atoms with Gasteiger partial charge in [-0.2, -0.15) is 0 Å². The molecule has 3 aromatic rings. The molecule has 1 aromatic heterocycles. The van der Waals surface area contributed by atoms with Gasteiger partial charge >= 0.3 is 0 Å². The SMILES string of the molecule is COc1ccc(Oc2ccc(CCCC(=O)Nc3cccnc3)cc2)cc1. The highest BCUT2D eigenvalue weighted by molar-refractivity contribution is 5.90. The first-order valence-electron chi connectivity index (χ1n) is 8.84. The minimum absolute atomic E-state index is 0.00228. The molecule has 0 radical (unpaired) electrons. The second-order valence-corrected chi connectivity index (χ2v) is 6.06. The van der Waals surface area contributed by atoms with E-state index in [4.69, 9.17) is 9.47 Å². The molecule has 0 unspecified atom stereocenters. The zero-order valence-electron chi connectivity index (χ0n) is 15.2. The number of hydrogen-bond acceptors (Lipinski definition) is 4. The maximum Gasteiger partial charge on any atom is 0.224 e. The van der Waals surface area contributed by atoms with E-state index in [0.717, 1.165) is 35.8 Å². The van der Waals surface area contributed by atoms with Gasteiger partial charge in [-0.25, -0.2) is 0 Å². The maximum absolute atomic E-state index is 11.9. The smallest absolute Gasteiger partial charge is 0.224 e. The van der Waals surface area contributed by atoms with Crippen molar-refractivity contribution < 1.29 is 14.3 Å². The van der Waals surface area contributed by atoms with Crippen molar-refractivity contribution in [1.82, 2.24) is 4.98 Å². The summed E-state index contributed by atoms with van der Waals surface area (Å²) in [6, 6.07) is 19.0. The number of aromatic nitrogens is 1. The number of hydrogen-bond donors (Lipinski definition) is 1. The first-order chi connectivity index (χ1) is 13.2. The minimum atomic E-state index is 0.00228. The Morgan fingerprint density at radius 1 is 0.963 bits per heavy atom. The third kappa shape index (κ3) is 5.85. The number of carbonyl (C=O) groups is 1. The lowest BCUT2D eigenvalue weighted by Crippen LogP contribution is -2.11. The van der Waals surface area contributed by atoms with Crippen LogP contribution in [0.5, 0.6) is 17.2 Å². The summed E-state index contributed by atoms with van der Waals surface area (Å²) in [6.45, 7) is 0. The highest BCUT2D eigenvalue weighted by Crippen LogP contribution is 2.24. The fourth-order valence-electron chi connectivity index (χ4n) is 2.62. The molecule has 5 heteroatoms. The highest BCUT2D eigenvalue weighted by atomic mass is 16.5. The Bertz CT molecular complexity index is 847. The van der Waals surface area contributed by atoms with Crippen LogP contribution in [0.1, 0.15) is 18.4 Å².